The van der Waals surface area contributed by atoms with Gasteiger partial charge < -0.3 is 10.2 Å². The highest BCUT2D eigenvalue weighted by Crippen LogP contribution is 2.25. The van der Waals surface area contributed by atoms with E-state index in [1.54, 1.807) is 42.5 Å². The molecule has 0 aliphatic carbocycles. The van der Waals surface area contributed by atoms with Crippen LogP contribution in [-0.2, 0) is 10.0 Å². The topological polar surface area (TPSA) is 95.6 Å². The molecule has 2 atom stereocenters. The number of anilines is 2. The summed E-state index contributed by atoms with van der Waals surface area (Å²) in [6.45, 7) is 5.68. The van der Waals surface area contributed by atoms with E-state index in [2.05, 4.69) is 23.9 Å². The van der Waals surface area contributed by atoms with Crippen LogP contribution in [0.15, 0.2) is 48.5 Å². The molecular formula is C22H27N3O4S. The Morgan fingerprint density at radius 2 is 1.67 bits per heavy atom. The quantitative estimate of drug-likeness (QED) is 0.761. The fourth-order valence-electron chi connectivity index (χ4n) is 3.91. The summed E-state index contributed by atoms with van der Waals surface area (Å²) in [5, 5.41) is 2.80. The first kappa shape index (κ1) is 21.8. The molecule has 1 aliphatic heterocycles. The molecule has 30 heavy (non-hydrogen) atoms. The Labute approximate surface area is 177 Å². The summed E-state index contributed by atoms with van der Waals surface area (Å²) < 4.78 is 25.2. The van der Waals surface area contributed by atoms with E-state index < -0.39 is 15.9 Å². The van der Waals surface area contributed by atoms with Gasteiger partial charge in [-0.05, 0) is 48.6 Å². The molecule has 2 aromatic carbocycles. The van der Waals surface area contributed by atoms with Crippen molar-refractivity contribution in [1.29, 1.82) is 0 Å². The van der Waals surface area contributed by atoms with E-state index in [9.17, 15) is 18.0 Å². The first-order valence-electron chi connectivity index (χ1n) is 9.90. The van der Waals surface area contributed by atoms with Gasteiger partial charge in [-0.15, -0.1) is 0 Å². The van der Waals surface area contributed by atoms with Gasteiger partial charge in [0, 0.05) is 24.3 Å². The van der Waals surface area contributed by atoms with Gasteiger partial charge in [0.15, 0.2) is 0 Å². The minimum Gasteiger partial charge on any atom is -0.338 e. The molecule has 160 valence electrons. The lowest BCUT2D eigenvalue weighted by Crippen LogP contribution is -2.42. The molecule has 0 radical (unpaired) electrons. The summed E-state index contributed by atoms with van der Waals surface area (Å²) >= 11 is 0. The fourth-order valence-corrected chi connectivity index (χ4v) is 4.47. The van der Waals surface area contributed by atoms with Crippen LogP contribution in [0.4, 0.5) is 11.4 Å². The molecule has 2 amide bonds. The molecule has 2 N–H and O–H groups in total. The van der Waals surface area contributed by atoms with Crippen LogP contribution in [0.3, 0.4) is 0 Å². The van der Waals surface area contributed by atoms with Gasteiger partial charge in [-0.2, -0.15) is 0 Å². The highest BCUT2D eigenvalue weighted by Gasteiger charge is 2.27. The predicted molar refractivity (Wildman–Crippen MR) is 118 cm³/mol. The normalized spacial score (nSPS) is 19.2. The molecular weight excluding hydrogens is 402 g/mol. The van der Waals surface area contributed by atoms with Crippen molar-refractivity contribution in [3.05, 3.63) is 59.7 Å². The van der Waals surface area contributed by atoms with Crippen LogP contribution < -0.4 is 10.0 Å². The third kappa shape index (κ3) is 5.60. The lowest BCUT2D eigenvalue weighted by molar-refractivity contribution is 0.0624. The maximum absolute atomic E-state index is 13.1. The van der Waals surface area contributed by atoms with Crippen molar-refractivity contribution in [2.24, 2.45) is 11.8 Å². The molecule has 0 unspecified atom stereocenters. The molecule has 0 saturated carbocycles. The van der Waals surface area contributed by atoms with Gasteiger partial charge >= 0.3 is 0 Å². The molecule has 3 rings (SSSR count). The standard InChI is InChI=1S/C22H27N3O4S/c1-15-11-16(2)14-25(13-15)22(27)19-9-4-5-10-20(19)23-21(26)17-7-6-8-18(12-17)24-30(3,28)29/h4-10,12,15-16,24H,11,13-14H2,1-3H3,(H,23,26)/t15-,16-/m0/s1. The molecule has 1 fully saturated rings. The number of hydrogen-bond acceptors (Lipinski definition) is 4. The zero-order valence-electron chi connectivity index (χ0n) is 17.4. The van der Waals surface area contributed by atoms with E-state index in [4.69, 9.17) is 0 Å². The lowest BCUT2D eigenvalue weighted by Gasteiger charge is -2.35. The monoisotopic (exact) mass is 429 g/mol. The summed E-state index contributed by atoms with van der Waals surface area (Å²) in [6.07, 6.45) is 2.14. The second-order valence-electron chi connectivity index (χ2n) is 8.11. The molecule has 2 aromatic rings. The number of carbonyl (C=O) groups is 2. The average Bonchev–Trinajstić information content (AvgIpc) is 2.66. The number of likely N-dealkylation sites (tertiary alicyclic amines) is 1. The van der Waals surface area contributed by atoms with Gasteiger partial charge in [0.2, 0.25) is 10.0 Å². The van der Waals surface area contributed by atoms with E-state index in [0.717, 1.165) is 12.7 Å². The van der Waals surface area contributed by atoms with Gasteiger partial charge in [-0.25, -0.2) is 8.42 Å². The number of carbonyl (C=O) groups excluding carboxylic acids is 2. The van der Waals surface area contributed by atoms with Crippen molar-refractivity contribution in [1.82, 2.24) is 4.90 Å². The molecule has 8 heteroatoms. The van der Waals surface area contributed by atoms with Crippen LogP contribution in [-0.4, -0.2) is 44.5 Å². The number of nitrogens with zero attached hydrogens (tertiary/aromatic N) is 1. The van der Waals surface area contributed by atoms with Crippen molar-refractivity contribution in [3.63, 3.8) is 0 Å². The van der Waals surface area contributed by atoms with Gasteiger partial charge in [0.05, 0.1) is 17.5 Å². The highest BCUT2D eigenvalue weighted by molar-refractivity contribution is 7.92. The Balaban J connectivity index is 1.80. The molecule has 0 bridgehead atoms. The highest BCUT2D eigenvalue weighted by atomic mass is 32.2. The van der Waals surface area contributed by atoms with E-state index in [0.29, 0.717) is 41.9 Å². The zero-order valence-corrected chi connectivity index (χ0v) is 18.2. The molecule has 1 saturated heterocycles. The van der Waals surface area contributed by atoms with E-state index in [-0.39, 0.29) is 11.5 Å². The van der Waals surface area contributed by atoms with Gasteiger partial charge in [0.25, 0.3) is 11.8 Å². The minimum atomic E-state index is -3.45. The Bertz CT molecular complexity index is 1040. The minimum absolute atomic E-state index is 0.100. The van der Waals surface area contributed by atoms with Crippen LogP contribution >= 0.6 is 0 Å². The van der Waals surface area contributed by atoms with Crippen molar-refractivity contribution in [2.45, 2.75) is 20.3 Å². The second kappa shape index (κ2) is 8.87. The number of benzene rings is 2. The SMILES string of the molecule is C[C@H]1C[C@H](C)CN(C(=O)c2ccccc2NC(=O)c2cccc(NS(C)(=O)=O)c2)C1. The third-order valence-electron chi connectivity index (χ3n) is 4.99. The lowest BCUT2D eigenvalue weighted by atomic mass is 9.91. The number of amides is 2. The molecule has 1 aliphatic rings. The largest absolute Gasteiger partial charge is 0.338 e. The average molecular weight is 430 g/mol. The van der Waals surface area contributed by atoms with E-state index >= 15 is 0 Å². The number of piperidine rings is 1. The van der Waals surface area contributed by atoms with Crippen LogP contribution in [0.2, 0.25) is 0 Å². The number of hydrogen-bond donors (Lipinski definition) is 2. The Hall–Kier alpha value is -2.87. The first-order valence-corrected chi connectivity index (χ1v) is 11.8. The van der Waals surface area contributed by atoms with Crippen molar-refractivity contribution < 1.29 is 18.0 Å². The fraction of sp³-hybridized carbons (Fsp3) is 0.364. The molecule has 0 spiro atoms. The first-order chi connectivity index (χ1) is 14.1. The summed E-state index contributed by atoms with van der Waals surface area (Å²) in [5.74, 6) is 0.346. The van der Waals surface area contributed by atoms with Gasteiger partial charge in [0.1, 0.15) is 0 Å². The molecule has 0 aromatic heterocycles. The van der Waals surface area contributed by atoms with Crippen LogP contribution in [0.5, 0.6) is 0 Å². The second-order valence-corrected chi connectivity index (χ2v) is 9.86. The summed E-state index contributed by atoms with van der Waals surface area (Å²) in [7, 11) is -3.45. The van der Waals surface area contributed by atoms with Crippen molar-refractivity contribution in [2.75, 3.05) is 29.4 Å². The number of nitrogens with one attached hydrogen (secondary N) is 2. The Kier molecular flexibility index (Phi) is 6.45. The molecule has 1 heterocycles. The van der Waals surface area contributed by atoms with E-state index in [1.165, 1.54) is 6.07 Å². The Morgan fingerprint density at radius 3 is 2.33 bits per heavy atom. The van der Waals surface area contributed by atoms with Crippen molar-refractivity contribution >= 4 is 33.2 Å². The van der Waals surface area contributed by atoms with Crippen LogP contribution in [0.1, 0.15) is 41.0 Å². The van der Waals surface area contributed by atoms with Crippen LogP contribution in [0, 0.1) is 11.8 Å². The summed E-state index contributed by atoms with van der Waals surface area (Å²) in [6, 6.07) is 13.1. The van der Waals surface area contributed by atoms with Gasteiger partial charge in [-0.1, -0.05) is 32.0 Å². The number of sulfonamides is 1. The maximum Gasteiger partial charge on any atom is 0.255 e. The van der Waals surface area contributed by atoms with Gasteiger partial charge in [-0.3, -0.25) is 14.3 Å². The number of rotatable bonds is 5. The summed E-state index contributed by atoms with van der Waals surface area (Å²) in [5.41, 5.74) is 1.45. The Morgan fingerprint density at radius 1 is 1.00 bits per heavy atom. The predicted octanol–water partition coefficient (Wildman–Crippen LogP) is 3.43. The number of para-hydroxylation sites is 1. The van der Waals surface area contributed by atoms with E-state index in [1.807, 2.05) is 4.90 Å². The van der Waals surface area contributed by atoms with Crippen molar-refractivity contribution in [3.8, 4) is 0 Å². The summed E-state index contributed by atoms with van der Waals surface area (Å²) in [4.78, 5) is 27.8. The van der Waals surface area contributed by atoms with Crippen LogP contribution in [0.25, 0.3) is 0 Å². The third-order valence-corrected chi connectivity index (χ3v) is 5.60. The molecule has 7 nitrogen and oxygen atoms in total. The zero-order chi connectivity index (χ0) is 21.9. The maximum atomic E-state index is 13.1. The smallest absolute Gasteiger partial charge is 0.255 e.